The molecule has 0 aliphatic carbocycles. The van der Waals surface area contributed by atoms with E-state index in [0.717, 1.165) is 39.6 Å². The predicted octanol–water partition coefficient (Wildman–Crippen LogP) is 2.98. The van der Waals surface area contributed by atoms with Crippen molar-refractivity contribution in [3.63, 3.8) is 0 Å². The number of aryl methyl sites for hydroxylation is 3. The molecule has 0 N–H and O–H groups in total. The highest BCUT2D eigenvalue weighted by Gasteiger charge is 2.14. The third-order valence-electron chi connectivity index (χ3n) is 4.66. The molecule has 7 nitrogen and oxygen atoms in total. The summed E-state index contributed by atoms with van der Waals surface area (Å²) in [5.41, 5.74) is 6.30. The van der Waals surface area contributed by atoms with E-state index in [-0.39, 0.29) is 12.6 Å². The van der Waals surface area contributed by atoms with Crippen molar-refractivity contribution >= 4 is 17.3 Å². The van der Waals surface area contributed by atoms with Gasteiger partial charge >= 0.3 is 5.97 Å². The number of pyridine rings is 1. The molecule has 4 aromatic heterocycles. The maximum Gasteiger partial charge on any atom is 0.306 e. The van der Waals surface area contributed by atoms with Crippen LogP contribution in [0, 0.1) is 20.8 Å². The summed E-state index contributed by atoms with van der Waals surface area (Å²) < 4.78 is 9.13. The van der Waals surface area contributed by atoms with Crippen LogP contribution in [0.15, 0.2) is 36.7 Å². The SMILES string of the molecule is Cc1cc2nc(C)c(CCC(=O)OCc3cn4ccccc4n3)c(C)n2n1. The minimum atomic E-state index is -0.248. The average molecular weight is 363 g/mol. The second-order valence-corrected chi connectivity index (χ2v) is 6.68. The van der Waals surface area contributed by atoms with Gasteiger partial charge in [-0.25, -0.2) is 14.5 Å². The Kier molecular flexibility index (Phi) is 4.35. The summed E-state index contributed by atoms with van der Waals surface area (Å²) in [6, 6.07) is 7.72. The van der Waals surface area contributed by atoms with E-state index in [4.69, 9.17) is 4.74 Å². The molecule has 138 valence electrons. The van der Waals surface area contributed by atoms with Gasteiger partial charge < -0.3 is 9.14 Å². The van der Waals surface area contributed by atoms with Gasteiger partial charge in [-0.2, -0.15) is 5.10 Å². The Morgan fingerprint density at radius 3 is 2.81 bits per heavy atom. The number of hydrogen-bond acceptors (Lipinski definition) is 5. The van der Waals surface area contributed by atoms with Crippen molar-refractivity contribution in [2.45, 2.75) is 40.2 Å². The number of rotatable bonds is 5. The minimum absolute atomic E-state index is 0.175. The summed E-state index contributed by atoms with van der Waals surface area (Å²) >= 11 is 0. The maximum absolute atomic E-state index is 12.2. The Bertz CT molecular complexity index is 1110. The van der Waals surface area contributed by atoms with E-state index in [9.17, 15) is 4.79 Å². The molecule has 4 rings (SSSR count). The summed E-state index contributed by atoms with van der Waals surface area (Å²) in [5.74, 6) is -0.248. The number of esters is 1. The van der Waals surface area contributed by atoms with Crippen molar-refractivity contribution in [1.82, 2.24) is 24.0 Å². The van der Waals surface area contributed by atoms with E-state index in [0.29, 0.717) is 12.8 Å². The van der Waals surface area contributed by atoms with Crippen LogP contribution in [0.2, 0.25) is 0 Å². The van der Waals surface area contributed by atoms with Gasteiger partial charge in [0.15, 0.2) is 5.65 Å². The minimum Gasteiger partial charge on any atom is -0.459 e. The lowest BCUT2D eigenvalue weighted by Crippen LogP contribution is -2.10. The lowest BCUT2D eigenvalue weighted by molar-refractivity contribution is -0.145. The topological polar surface area (TPSA) is 73.8 Å². The van der Waals surface area contributed by atoms with E-state index in [2.05, 4.69) is 15.1 Å². The summed E-state index contributed by atoms with van der Waals surface area (Å²) in [7, 11) is 0. The van der Waals surface area contributed by atoms with E-state index in [1.165, 1.54) is 0 Å². The second kappa shape index (κ2) is 6.83. The highest BCUT2D eigenvalue weighted by atomic mass is 16.5. The zero-order valence-electron chi connectivity index (χ0n) is 15.6. The Balaban J connectivity index is 1.41. The first-order valence-corrected chi connectivity index (χ1v) is 8.92. The molecule has 0 saturated carbocycles. The Labute approximate surface area is 156 Å². The van der Waals surface area contributed by atoms with Crippen molar-refractivity contribution < 1.29 is 9.53 Å². The van der Waals surface area contributed by atoms with Gasteiger partial charge in [-0.1, -0.05) is 6.07 Å². The van der Waals surface area contributed by atoms with Crippen LogP contribution in [-0.4, -0.2) is 30.0 Å². The Morgan fingerprint density at radius 2 is 2.00 bits per heavy atom. The van der Waals surface area contributed by atoms with Gasteiger partial charge in [0.05, 0.1) is 11.4 Å². The molecule has 0 atom stereocenters. The summed E-state index contributed by atoms with van der Waals surface area (Å²) in [6.07, 6.45) is 4.65. The molecular formula is C20H21N5O2. The molecule has 7 heteroatoms. The fraction of sp³-hybridized carbons (Fsp3) is 0.300. The lowest BCUT2D eigenvalue weighted by Gasteiger charge is -2.10. The van der Waals surface area contributed by atoms with Crippen LogP contribution in [0.1, 0.15) is 34.8 Å². The number of hydrogen-bond donors (Lipinski definition) is 0. The van der Waals surface area contributed by atoms with Crippen LogP contribution in [0.4, 0.5) is 0 Å². The lowest BCUT2D eigenvalue weighted by atomic mass is 10.1. The number of nitrogens with zero attached hydrogens (tertiary/aromatic N) is 5. The molecule has 0 radical (unpaired) electrons. The molecule has 0 aliphatic heterocycles. The fourth-order valence-electron chi connectivity index (χ4n) is 3.31. The van der Waals surface area contributed by atoms with Crippen LogP contribution >= 0.6 is 0 Å². The molecule has 4 heterocycles. The van der Waals surface area contributed by atoms with Gasteiger partial charge in [0.25, 0.3) is 0 Å². The molecule has 0 saturated heterocycles. The normalized spacial score (nSPS) is 11.4. The molecule has 4 aromatic rings. The number of carbonyl (C=O) groups is 1. The number of ether oxygens (including phenoxy) is 1. The van der Waals surface area contributed by atoms with Gasteiger partial charge in [-0.05, 0) is 44.9 Å². The molecule has 0 unspecified atom stereocenters. The fourth-order valence-corrected chi connectivity index (χ4v) is 3.31. The molecule has 0 amide bonds. The number of imidazole rings is 1. The molecule has 0 bridgehead atoms. The highest BCUT2D eigenvalue weighted by molar-refractivity contribution is 5.69. The zero-order valence-corrected chi connectivity index (χ0v) is 15.6. The third kappa shape index (κ3) is 3.40. The van der Waals surface area contributed by atoms with Gasteiger partial charge in [-0.3, -0.25) is 4.79 Å². The van der Waals surface area contributed by atoms with Crippen molar-refractivity contribution in [2.24, 2.45) is 0 Å². The summed E-state index contributed by atoms with van der Waals surface area (Å²) in [6.45, 7) is 6.09. The van der Waals surface area contributed by atoms with Crippen molar-refractivity contribution in [3.8, 4) is 0 Å². The molecule has 27 heavy (non-hydrogen) atoms. The summed E-state index contributed by atoms with van der Waals surface area (Å²) in [4.78, 5) is 21.2. The molecule has 0 aromatic carbocycles. The first kappa shape index (κ1) is 17.2. The third-order valence-corrected chi connectivity index (χ3v) is 4.66. The van der Waals surface area contributed by atoms with Crippen molar-refractivity contribution in [1.29, 1.82) is 0 Å². The van der Waals surface area contributed by atoms with Crippen LogP contribution in [0.25, 0.3) is 11.3 Å². The first-order valence-electron chi connectivity index (χ1n) is 8.92. The zero-order chi connectivity index (χ0) is 19.0. The smallest absolute Gasteiger partial charge is 0.306 e. The van der Waals surface area contributed by atoms with Gasteiger partial charge in [0.2, 0.25) is 0 Å². The van der Waals surface area contributed by atoms with Crippen LogP contribution < -0.4 is 0 Å². The molecular weight excluding hydrogens is 342 g/mol. The van der Waals surface area contributed by atoms with Crippen LogP contribution in [0.5, 0.6) is 0 Å². The first-order chi connectivity index (χ1) is 13.0. The van der Waals surface area contributed by atoms with Crippen molar-refractivity contribution in [2.75, 3.05) is 0 Å². The average Bonchev–Trinajstić information content (AvgIpc) is 3.22. The molecule has 0 aliphatic rings. The standard InChI is InChI=1S/C20H21N5O2/c1-13-10-19-21-14(2)17(15(3)25(19)23-13)7-8-20(26)27-12-16-11-24-9-5-4-6-18(24)22-16/h4-6,9-11H,7-8,12H2,1-3H3. The van der Waals surface area contributed by atoms with Crippen molar-refractivity contribution in [3.05, 3.63) is 65.0 Å². The van der Waals surface area contributed by atoms with Crippen LogP contribution in [0.3, 0.4) is 0 Å². The summed E-state index contributed by atoms with van der Waals surface area (Å²) in [5, 5.41) is 4.47. The second-order valence-electron chi connectivity index (χ2n) is 6.68. The number of carbonyl (C=O) groups excluding carboxylic acids is 1. The number of fused-ring (bicyclic) bond motifs is 2. The predicted molar refractivity (Wildman–Crippen MR) is 101 cm³/mol. The maximum atomic E-state index is 12.2. The van der Waals surface area contributed by atoms with E-state index in [1.807, 2.05) is 66.3 Å². The monoisotopic (exact) mass is 363 g/mol. The molecule has 0 spiro atoms. The van der Waals surface area contributed by atoms with Gasteiger partial charge in [0, 0.05) is 36.3 Å². The Morgan fingerprint density at radius 1 is 1.15 bits per heavy atom. The van der Waals surface area contributed by atoms with E-state index < -0.39 is 0 Å². The molecule has 0 fully saturated rings. The quantitative estimate of drug-likeness (QED) is 0.510. The van der Waals surface area contributed by atoms with E-state index >= 15 is 0 Å². The van der Waals surface area contributed by atoms with E-state index in [1.54, 1.807) is 0 Å². The van der Waals surface area contributed by atoms with Gasteiger partial charge in [0.1, 0.15) is 12.3 Å². The van der Waals surface area contributed by atoms with Crippen LogP contribution in [-0.2, 0) is 22.6 Å². The Hall–Kier alpha value is -3.22. The number of aromatic nitrogens is 5. The largest absolute Gasteiger partial charge is 0.459 e. The highest BCUT2D eigenvalue weighted by Crippen LogP contribution is 2.17. The van der Waals surface area contributed by atoms with Gasteiger partial charge in [-0.15, -0.1) is 0 Å².